The number of aromatic nitrogens is 2. The van der Waals surface area contributed by atoms with Crippen LogP contribution in [0.3, 0.4) is 0 Å². The summed E-state index contributed by atoms with van der Waals surface area (Å²) in [5, 5.41) is 1.86. The van der Waals surface area contributed by atoms with Crippen LogP contribution in [0.25, 0.3) is 22.2 Å². The van der Waals surface area contributed by atoms with Crippen LogP contribution < -0.4 is 10.5 Å². The van der Waals surface area contributed by atoms with Gasteiger partial charge in [0, 0.05) is 11.6 Å². The van der Waals surface area contributed by atoms with Crippen molar-refractivity contribution >= 4 is 22.5 Å². The molecule has 3 rings (SSSR count). The summed E-state index contributed by atoms with van der Waals surface area (Å²) >= 11 is 6.53. The molecule has 0 aliphatic rings. The number of hydrogen-bond donors (Lipinski definition) is 2. The van der Waals surface area contributed by atoms with E-state index < -0.39 is 0 Å². The van der Waals surface area contributed by atoms with Crippen molar-refractivity contribution in [1.82, 2.24) is 9.97 Å². The molecule has 0 unspecified atom stereocenters. The normalized spacial score (nSPS) is 11.2. The number of fused-ring (bicyclic) bond motifs is 1. The Morgan fingerprint density at radius 2 is 2.08 bits per heavy atom. The summed E-state index contributed by atoms with van der Waals surface area (Å²) in [4.78, 5) is 7.89. The maximum absolute atomic E-state index is 6.53. The van der Waals surface area contributed by atoms with Gasteiger partial charge in [-0.1, -0.05) is 17.7 Å². The molecule has 0 amide bonds. The second-order valence-corrected chi connectivity index (χ2v) is 6.31. The second-order valence-electron chi connectivity index (χ2n) is 5.90. The van der Waals surface area contributed by atoms with Gasteiger partial charge in [0.05, 0.1) is 28.9 Å². The molecular weight excluding hydrogens is 322 g/mol. The molecule has 1 aromatic carbocycles. The highest BCUT2D eigenvalue weighted by atomic mass is 35.5. The monoisotopic (exact) mass is 343 g/mol. The molecule has 3 N–H and O–H groups in total. The number of nitrogens with zero attached hydrogens (tertiary/aromatic N) is 1. The summed E-state index contributed by atoms with van der Waals surface area (Å²) in [6.07, 6.45) is 4.65. The summed E-state index contributed by atoms with van der Waals surface area (Å²) in [7, 11) is 1.64. The lowest BCUT2D eigenvalue weighted by Crippen LogP contribution is -2.00. The van der Waals surface area contributed by atoms with Crippen molar-refractivity contribution < 1.29 is 4.74 Å². The quantitative estimate of drug-likeness (QED) is 0.648. The van der Waals surface area contributed by atoms with Crippen molar-refractivity contribution in [2.24, 2.45) is 5.73 Å². The predicted octanol–water partition coefficient (Wildman–Crippen LogP) is 4.48. The minimum Gasteiger partial charge on any atom is -0.481 e. The van der Waals surface area contributed by atoms with Gasteiger partial charge in [-0.2, -0.15) is 0 Å². The molecule has 3 aromatic rings. The largest absolute Gasteiger partial charge is 0.481 e. The summed E-state index contributed by atoms with van der Waals surface area (Å²) in [6, 6.07) is 7.94. The molecule has 0 saturated carbocycles. The van der Waals surface area contributed by atoms with E-state index >= 15 is 0 Å². The van der Waals surface area contributed by atoms with E-state index in [0.29, 0.717) is 12.4 Å². The average Bonchev–Trinajstić information content (AvgIpc) is 2.99. The summed E-state index contributed by atoms with van der Waals surface area (Å²) < 4.78 is 5.45. The number of halogens is 1. The van der Waals surface area contributed by atoms with E-state index in [1.165, 1.54) is 11.1 Å². The molecule has 0 atom stereocenters. The van der Waals surface area contributed by atoms with Crippen molar-refractivity contribution in [3.8, 4) is 17.1 Å². The van der Waals surface area contributed by atoms with Gasteiger partial charge < -0.3 is 15.5 Å². The van der Waals surface area contributed by atoms with Crippen LogP contribution in [0.15, 0.2) is 30.5 Å². The molecule has 0 aliphatic heterocycles. The first kappa shape index (κ1) is 16.8. The van der Waals surface area contributed by atoms with E-state index in [9.17, 15) is 0 Å². The summed E-state index contributed by atoms with van der Waals surface area (Å²) in [5.74, 6) is 0.609. The van der Waals surface area contributed by atoms with Crippen molar-refractivity contribution in [2.45, 2.75) is 26.2 Å². The van der Waals surface area contributed by atoms with Crippen LogP contribution in [0.1, 0.15) is 24.0 Å². The number of aryl methyl sites for hydroxylation is 2. The molecule has 4 nitrogen and oxygen atoms in total. The van der Waals surface area contributed by atoms with Crippen LogP contribution in [-0.4, -0.2) is 23.6 Å². The molecule has 0 bridgehead atoms. The number of hydrogen-bond acceptors (Lipinski definition) is 3. The van der Waals surface area contributed by atoms with E-state index in [-0.39, 0.29) is 0 Å². The Hall–Kier alpha value is -2.04. The third kappa shape index (κ3) is 2.99. The standard InChI is InChI=1S/C19H22ClN3O/c1-12-8-9-15(20)16-13(6-3-4-10-21)18(23-17(12)16)14-7-5-11-22-19(14)24-2/h5,7-9,11,23H,3-4,6,10,21H2,1-2H3. The lowest BCUT2D eigenvalue weighted by atomic mass is 10.00. The number of rotatable bonds is 6. The van der Waals surface area contributed by atoms with E-state index in [4.69, 9.17) is 22.1 Å². The maximum Gasteiger partial charge on any atom is 0.222 e. The Bertz CT molecular complexity index is 857. The Balaban J connectivity index is 2.24. The van der Waals surface area contributed by atoms with Gasteiger partial charge in [0.25, 0.3) is 0 Å². The van der Waals surface area contributed by atoms with Crippen molar-refractivity contribution in [3.63, 3.8) is 0 Å². The number of ether oxygens (including phenoxy) is 1. The molecular formula is C19H22ClN3O. The lowest BCUT2D eigenvalue weighted by molar-refractivity contribution is 0.399. The number of H-pyrrole nitrogens is 1. The molecule has 126 valence electrons. The Morgan fingerprint density at radius 3 is 2.83 bits per heavy atom. The van der Waals surface area contributed by atoms with Crippen LogP contribution in [0.4, 0.5) is 0 Å². The first-order chi connectivity index (χ1) is 11.7. The van der Waals surface area contributed by atoms with Crippen molar-refractivity contribution in [1.29, 1.82) is 0 Å². The van der Waals surface area contributed by atoms with Gasteiger partial charge in [0.1, 0.15) is 0 Å². The number of unbranched alkanes of at least 4 members (excludes halogenated alkanes) is 1. The SMILES string of the molecule is COc1ncccc1-c1[nH]c2c(C)ccc(Cl)c2c1CCCCN. The van der Waals surface area contributed by atoms with Gasteiger partial charge in [-0.3, -0.25) is 0 Å². The van der Waals surface area contributed by atoms with E-state index in [2.05, 4.69) is 16.9 Å². The molecule has 0 fully saturated rings. The van der Waals surface area contributed by atoms with E-state index in [0.717, 1.165) is 46.4 Å². The Labute approximate surface area is 147 Å². The van der Waals surface area contributed by atoms with Crippen LogP contribution >= 0.6 is 11.6 Å². The number of benzene rings is 1. The van der Waals surface area contributed by atoms with Crippen molar-refractivity contribution in [2.75, 3.05) is 13.7 Å². The smallest absolute Gasteiger partial charge is 0.222 e. The highest BCUT2D eigenvalue weighted by Crippen LogP contribution is 2.39. The van der Waals surface area contributed by atoms with Crippen molar-refractivity contribution in [3.05, 3.63) is 46.6 Å². The highest BCUT2D eigenvalue weighted by Gasteiger charge is 2.19. The number of pyridine rings is 1. The maximum atomic E-state index is 6.53. The zero-order valence-electron chi connectivity index (χ0n) is 14.0. The lowest BCUT2D eigenvalue weighted by Gasteiger charge is -2.09. The van der Waals surface area contributed by atoms with Crippen LogP contribution in [-0.2, 0) is 6.42 Å². The average molecular weight is 344 g/mol. The zero-order chi connectivity index (χ0) is 17.1. The van der Waals surface area contributed by atoms with Gasteiger partial charge in [-0.15, -0.1) is 0 Å². The fourth-order valence-corrected chi connectivity index (χ4v) is 3.40. The van der Waals surface area contributed by atoms with Crippen LogP contribution in [0.5, 0.6) is 5.88 Å². The van der Waals surface area contributed by atoms with Gasteiger partial charge in [0.2, 0.25) is 5.88 Å². The van der Waals surface area contributed by atoms with Gasteiger partial charge >= 0.3 is 0 Å². The molecule has 2 heterocycles. The minimum atomic E-state index is 0.609. The fourth-order valence-electron chi connectivity index (χ4n) is 3.13. The predicted molar refractivity (Wildman–Crippen MR) is 99.8 cm³/mol. The third-order valence-corrected chi connectivity index (χ3v) is 4.65. The van der Waals surface area contributed by atoms with Gasteiger partial charge in [0.15, 0.2) is 0 Å². The zero-order valence-corrected chi connectivity index (χ0v) is 14.8. The van der Waals surface area contributed by atoms with E-state index in [1.54, 1.807) is 13.3 Å². The first-order valence-electron chi connectivity index (χ1n) is 8.16. The molecule has 24 heavy (non-hydrogen) atoms. The molecule has 0 spiro atoms. The van der Waals surface area contributed by atoms with Gasteiger partial charge in [-0.05, 0) is 62.1 Å². The topological polar surface area (TPSA) is 63.9 Å². The first-order valence-corrected chi connectivity index (χ1v) is 8.54. The number of aromatic amines is 1. The van der Waals surface area contributed by atoms with Gasteiger partial charge in [-0.25, -0.2) is 4.98 Å². The summed E-state index contributed by atoms with van der Waals surface area (Å²) in [5.41, 5.74) is 11.1. The highest BCUT2D eigenvalue weighted by molar-refractivity contribution is 6.36. The minimum absolute atomic E-state index is 0.609. The van der Waals surface area contributed by atoms with Crippen LogP contribution in [0.2, 0.25) is 5.02 Å². The second kappa shape index (κ2) is 7.24. The molecule has 5 heteroatoms. The molecule has 0 saturated heterocycles. The molecule has 0 aliphatic carbocycles. The fraction of sp³-hybridized carbons (Fsp3) is 0.316. The Kier molecular flexibility index (Phi) is 5.07. The third-order valence-electron chi connectivity index (χ3n) is 4.33. The summed E-state index contributed by atoms with van der Waals surface area (Å²) in [6.45, 7) is 2.78. The van der Waals surface area contributed by atoms with E-state index in [1.807, 2.05) is 24.3 Å². The number of nitrogens with two attached hydrogens (primary N) is 1. The van der Waals surface area contributed by atoms with Crippen LogP contribution in [0, 0.1) is 6.92 Å². The number of nitrogens with one attached hydrogen (secondary N) is 1. The molecule has 2 aromatic heterocycles. The Morgan fingerprint density at radius 1 is 1.25 bits per heavy atom. The number of methoxy groups -OCH3 is 1. The molecule has 0 radical (unpaired) electrons.